The van der Waals surface area contributed by atoms with Gasteiger partial charge < -0.3 is 9.16 Å². The molecule has 10 heteroatoms. The van der Waals surface area contributed by atoms with Crippen molar-refractivity contribution in [3.05, 3.63) is 29.3 Å². The normalized spacial score (nSPS) is 33.4. The lowest BCUT2D eigenvalue weighted by Gasteiger charge is -2.44. The van der Waals surface area contributed by atoms with Crippen LogP contribution in [0.15, 0.2) is 18.2 Å². The molecule has 0 N–H and O–H groups in total. The van der Waals surface area contributed by atoms with Crippen molar-refractivity contribution < 1.29 is 31.9 Å². The molecule has 3 heterocycles. The fraction of sp³-hybridized carbons (Fsp3) is 0.625. The first kappa shape index (κ1) is 24.9. The average Bonchev–Trinajstić information content (AvgIpc) is 3.20. The van der Waals surface area contributed by atoms with Crippen LogP contribution in [0.25, 0.3) is 0 Å². The van der Waals surface area contributed by atoms with E-state index in [9.17, 15) is 22.8 Å². The van der Waals surface area contributed by atoms with Gasteiger partial charge in [-0.3, -0.25) is 9.59 Å². The summed E-state index contributed by atoms with van der Waals surface area (Å²) in [6, 6.07) is 4.42. The molecule has 34 heavy (non-hydrogen) atoms. The standard InChI is InChI=1S/C24H29F3N2O4Si/c1-21(2,3)34(6,7)32-16-11-22(4)17-18(23(16,5)33-22)20(31)29(19(17)30)14-9-8-13(12-28)15(10-14)24(25,26)27/h8-10,16-18H,11H2,1-7H3/t16-,17-,18-,22-,23+/m1/s1. The third-order valence-corrected chi connectivity index (χ3v) is 12.7. The zero-order valence-electron chi connectivity index (χ0n) is 20.3. The van der Waals surface area contributed by atoms with Crippen molar-refractivity contribution in [3.63, 3.8) is 0 Å². The molecule has 3 aliphatic heterocycles. The zero-order valence-corrected chi connectivity index (χ0v) is 21.3. The van der Waals surface area contributed by atoms with E-state index in [4.69, 9.17) is 14.4 Å². The molecule has 4 rings (SSSR count). The molecular formula is C24H29F3N2O4Si. The van der Waals surface area contributed by atoms with Gasteiger partial charge in [0.2, 0.25) is 11.8 Å². The molecule has 2 bridgehead atoms. The Bertz CT molecular complexity index is 1120. The van der Waals surface area contributed by atoms with Gasteiger partial charge in [-0.15, -0.1) is 0 Å². The molecule has 6 nitrogen and oxygen atoms in total. The van der Waals surface area contributed by atoms with Crippen LogP contribution >= 0.6 is 0 Å². The maximum atomic E-state index is 13.6. The van der Waals surface area contributed by atoms with Crippen LogP contribution in [0.4, 0.5) is 18.9 Å². The van der Waals surface area contributed by atoms with Gasteiger partial charge in [0.1, 0.15) is 5.60 Å². The number of ether oxygens (including phenoxy) is 1. The Morgan fingerprint density at radius 2 is 1.74 bits per heavy atom. The third kappa shape index (κ3) is 3.35. The fourth-order valence-electron chi connectivity index (χ4n) is 5.45. The molecular weight excluding hydrogens is 465 g/mol. The largest absolute Gasteiger partial charge is 0.417 e. The number of rotatable bonds is 3. The van der Waals surface area contributed by atoms with Crippen LogP contribution in [0.2, 0.25) is 18.1 Å². The number of benzene rings is 1. The highest BCUT2D eigenvalue weighted by atomic mass is 28.4. The predicted molar refractivity (Wildman–Crippen MR) is 120 cm³/mol. The van der Waals surface area contributed by atoms with Crippen molar-refractivity contribution in [2.24, 2.45) is 11.8 Å². The van der Waals surface area contributed by atoms with Crippen molar-refractivity contribution in [1.29, 1.82) is 5.26 Å². The number of amides is 2. The topological polar surface area (TPSA) is 79.6 Å². The number of halogens is 3. The highest BCUT2D eigenvalue weighted by Gasteiger charge is 2.76. The molecule has 0 aliphatic carbocycles. The first-order chi connectivity index (χ1) is 15.4. The van der Waals surface area contributed by atoms with Crippen molar-refractivity contribution in [2.45, 2.75) is 82.7 Å². The van der Waals surface area contributed by atoms with E-state index < -0.39 is 66.6 Å². The van der Waals surface area contributed by atoms with Gasteiger partial charge >= 0.3 is 6.18 Å². The fourth-order valence-corrected chi connectivity index (χ4v) is 6.83. The number of nitrogens with zero attached hydrogens (tertiary/aromatic N) is 2. The number of nitriles is 1. The number of anilines is 1. The minimum absolute atomic E-state index is 0.0798. The molecule has 0 unspecified atom stereocenters. The Morgan fingerprint density at radius 3 is 2.26 bits per heavy atom. The number of alkyl halides is 3. The van der Waals surface area contributed by atoms with Gasteiger partial charge in [-0.2, -0.15) is 18.4 Å². The summed E-state index contributed by atoms with van der Waals surface area (Å²) in [4.78, 5) is 27.9. The first-order valence-corrected chi connectivity index (χ1v) is 14.2. The Morgan fingerprint density at radius 1 is 1.15 bits per heavy atom. The quantitative estimate of drug-likeness (QED) is 0.435. The van der Waals surface area contributed by atoms with Gasteiger partial charge in [-0.05, 0) is 50.2 Å². The molecule has 0 saturated carbocycles. The van der Waals surface area contributed by atoms with Crippen LogP contribution in [-0.4, -0.2) is 37.4 Å². The average molecular weight is 495 g/mol. The number of hydrogen-bond acceptors (Lipinski definition) is 5. The molecule has 1 aromatic carbocycles. The molecule has 0 spiro atoms. The van der Waals surface area contributed by atoms with Gasteiger partial charge in [-0.1, -0.05) is 20.8 Å². The molecule has 2 amide bonds. The van der Waals surface area contributed by atoms with E-state index in [1.807, 2.05) is 0 Å². The van der Waals surface area contributed by atoms with Crippen molar-refractivity contribution in [1.82, 2.24) is 0 Å². The van der Waals surface area contributed by atoms with Crippen molar-refractivity contribution in [3.8, 4) is 6.07 Å². The molecule has 184 valence electrons. The Kier molecular flexibility index (Phi) is 5.23. The molecule has 0 aromatic heterocycles. The molecule has 0 radical (unpaired) electrons. The second-order valence-corrected chi connectivity index (χ2v) is 16.2. The van der Waals surface area contributed by atoms with Gasteiger partial charge in [0.25, 0.3) is 0 Å². The minimum atomic E-state index is -4.80. The van der Waals surface area contributed by atoms with Gasteiger partial charge in [0.15, 0.2) is 8.32 Å². The van der Waals surface area contributed by atoms with E-state index in [1.54, 1.807) is 13.8 Å². The number of carbonyl (C=O) groups is 2. The smallest absolute Gasteiger partial charge is 0.411 e. The van der Waals surface area contributed by atoms with E-state index in [1.165, 1.54) is 12.1 Å². The summed E-state index contributed by atoms with van der Waals surface area (Å²) in [7, 11) is -2.24. The molecule has 3 saturated heterocycles. The van der Waals surface area contributed by atoms with Crippen LogP contribution in [0.3, 0.4) is 0 Å². The van der Waals surface area contributed by atoms with Crippen LogP contribution in [0, 0.1) is 23.2 Å². The van der Waals surface area contributed by atoms with Gasteiger partial charge in [0.05, 0.1) is 46.4 Å². The summed E-state index contributed by atoms with van der Waals surface area (Å²) in [5.41, 5.74) is -3.98. The lowest BCUT2D eigenvalue weighted by molar-refractivity contribution is -0.138. The number of carbonyl (C=O) groups excluding carboxylic acids is 2. The summed E-state index contributed by atoms with van der Waals surface area (Å²) in [6.45, 7) is 14.1. The Labute approximate surface area is 198 Å². The highest BCUT2D eigenvalue weighted by molar-refractivity contribution is 6.74. The second kappa shape index (κ2) is 7.15. The molecule has 3 fully saturated rings. The number of imide groups is 1. The van der Waals surface area contributed by atoms with Crippen molar-refractivity contribution in [2.75, 3.05) is 4.90 Å². The monoisotopic (exact) mass is 494 g/mol. The lowest BCUT2D eigenvalue weighted by Crippen LogP contribution is -2.55. The third-order valence-electron chi connectivity index (χ3n) is 8.19. The molecule has 5 atom stereocenters. The lowest BCUT2D eigenvalue weighted by atomic mass is 9.67. The predicted octanol–water partition coefficient (Wildman–Crippen LogP) is 5.02. The molecule has 1 aromatic rings. The Hall–Kier alpha value is -2.22. The summed E-state index contributed by atoms with van der Waals surface area (Å²) < 4.78 is 53.5. The minimum Gasteiger partial charge on any atom is -0.411 e. The van der Waals surface area contributed by atoms with Crippen LogP contribution in [-0.2, 0) is 24.9 Å². The molecule has 3 aliphatic rings. The first-order valence-electron chi connectivity index (χ1n) is 11.2. The SMILES string of the molecule is CC(C)(C)[Si](C)(C)O[C@@H]1C[C@@]2(C)O[C@]1(C)[C@H]1C(=O)N(c3ccc(C#N)c(C(F)(F)F)c3)C(=O)[C@@H]12. The maximum Gasteiger partial charge on any atom is 0.417 e. The van der Waals surface area contributed by atoms with Crippen LogP contribution in [0.1, 0.15) is 52.2 Å². The van der Waals surface area contributed by atoms with E-state index in [0.717, 1.165) is 11.0 Å². The van der Waals surface area contributed by atoms with E-state index in [0.29, 0.717) is 12.5 Å². The van der Waals surface area contributed by atoms with Crippen LogP contribution in [0.5, 0.6) is 0 Å². The summed E-state index contributed by atoms with van der Waals surface area (Å²) >= 11 is 0. The van der Waals surface area contributed by atoms with E-state index in [-0.39, 0.29) is 10.7 Å². The van der Waals surface area contributed by atoms with Crippen molar-refractivity contribution >= 4 is 25.8 Å². The maximum absolute atomic E-state index is 13.6. The van der Waals surface area contributed by atoms with Gasteiger partial charge in [0, 0.05) is 6.42 Å². The summed E-state index contributed by atoms with van der Waals surface area (Å²) in [6.07, 6.45) is -4.79. The Balaban J connectivity index is 1.73. The van der Waals surface area contributed by atoms with Crippen LogP contribution < -0.4 is 4.90 Å². The van der Waals surface area contributed by atoms with E-state index in [2.05, 4.69) is 33.9 Å². The second-order valence-electron chi connectivity index (χ2n) is 11.5. The van der Waals surface area contributed by atoms with E-state index >= 15 is 0 Å². The number of hydrogen-bond donors (Lipinski definition) is 0. The number of fused-ring (bicyclic) bond motifs is 5. The summed E-state index contributed by atoms with van der Waals surface area (Å²) in [5.74, 6) is -2.85. The van der Waals surface area contributed by atoms with Gasteiger partial charge in [-0.25, -0.2) is 4.90 Å². The highest BCUT2D eigenvalue weighted by Crippen LogP contribution is 2.62. The zero-order chi connectivity index (χ0) is 25.6. The summed E-state index contributed by atoms with van der Waals surface area (Å²) in [5, 5.41) is 8.99.